The molecule has 4 aliphatic heterocycles. The number of anilines is 2. The van der Waals surface area contributed by atoms with Gasteiger partial charge in [0.25, 0.3) is 22.5 Å². The molecule has 8 aromatic rings. The van der Waals surface area contributed by atoms with E-state index >= 15 is 0 Å². The van der Waals surface area contributed by atoms with Gasteiger partial charge in [0.05, 0.1) is 62.0 Å². The van der Waals surface area contributed by atoms with Crippen LogP contribution in [-0.2, 0) is 0 Å². The maximum absolute atomic E-state index is 12.7. The van der Waals surface area contributed by atoms with E-state index in [1.807, 2.05) is 109 Å². The van der Waals surface area contributed by atoms with Gasteiger partial charge in [-0.3, -0.25) is 44.5 Å². The number of amides is 1. The van der Waals surface area contributed by atoms with E-state index in [1.54, 1.807) is 51.5 Å². The minimum absolute atomic E-state index is 0. The summed E-state index contributed by atoms with van der Waals surface area (Å²) in [7, 11) is 6.12. The van der Waals surface area contributed by atoms with E-state index in [9.17, 15) is 29.8 Å². The topological polar surface area (TPSA) is 276 Å². The van der Waals surface area contributed by atoms with Gasteiger partial charge < -0.3 is 60.7 Å². The first kappa shape index (κ1) is 88.1. The Morgan fingerprint density at radius 1 is 0.462 bits per heavy atom. The first-order valence-corrected chi connectivity index (χ1v) is 36.0. The van der Waals surface area contributed by atoms with E-state index in [1.165, 1.54) is 122 Å². The number of nitro groups is 2. The summed E-state index contributed by atoms with van der Waals surface area (Å²) in [5, 5.41) is 39.9. The maximum Gasteiger partial charge on any atom is 1.00 e. The van der Waals surface area contributed by atoms with Gasteiger partial charge in [-0.15, -0.1) is 0 Å². The Bertz CT molecular complexity index is 3860. The number of nitrogen functional groups attached to an aromatic ring is 1. The molecule has 4 aliphatic rings. The van der Waals surface area contributed by atoms with Crippen molar-refractivity contribution in [1.29, 1.82) is 0 Å². The van der Waals surface area contributed by atoms with Crippen LogP contribution in [0.1, 0.15) is 80.4 Å². The molecule has 8 aromatic carbocycles. The van der Waals surface area contributed by atoms with Crippen LogP contribution >= 0.6 is 23.2 Å². The summed E-state index contributed by atoms with van der Waals surface area (Å²) in [6.45, 7) is 17.1. The van der Waals surface area contributed by atoms with E-state index in [4.69, 9.17) is 72.3 Å². The number of carbonyl (C=O) groups excluding carboxylic acids is 2. The van der Waals surface area contributed by atoms with Crippen LogP contribution in [0.15, 0.2) is 182 Å². The Morgan fingerprint density at radius 3 is 1.19 bits per heavy atom. The standard InChI is InChI=1S/C26H28N2O3.C13H9ClO.C13H18N2O4.C13H20N2O2.C7H6ClNO3.C6H13NO.C2H6O.Na.H/c1-30-25-19-23(13-14-24(25)31-18-17-28-15-5-6-16-28)27-26(29)22-11-9-21(10-12-22)20-7-3-2-4-8-20;14-13(15)12-8-6-11(7-9-12)10-4-2-1-3-5-10;1-18-13-10-11(15(16)17)4-5-12(13)19-9-8-14-6-2-3-7-14;1-16-13-10-11(14)4-5-12(13)17-9-8-15-6-2-3-7-15;1-12-7-4-5(9(10)11)2-3-6(7)8;8-6-5-7-3-1-2-4-7;1-2-3;;/h2-4,7-14,19H,5-6,15-18H2,1H3,(H,27,29);1-9H;4-5,10H,2-3,6-9H2,1H3;4-5,10H,2-3,6-9,14H2,1H3;2-4H,1H3;8H,1-6H2;3H,2H2,1H3;;/q;;;;;;;+1;-1. The number of likely N-dealkylation sites (tertiary alicyclic amines) is 4. The number of benzene rings is 8. The summed E-state index contributed by atoms with van der Waals surface area (Å²) in [6.07, 6.45) is 10.3. The van der Waals surface area contributed by atoms with Gasteiger partial charge in [-0.25, -0.2) is 0 Å². The second kappa shape index (κ2) is 50.1. The van der Waals surface area contributed by atoms with E-state index in [-0.39, 0.29) is 54.9 Å². The Kier molecular flexibility index (Phi) is 41.6. The predicted octanol–water partition coefficient (Wildman–Crippen LogP) is 12.1. The number of aliphatic hydroxyl groups excluding tert-OH is 2. The van der Waals surface area contributed by atoms with Crippen molar-refractivity contribution in [1.82, 2.24) is 19.6 Å². The Labute approximate surface area is 656 Å². The molecule has 0 saturated carbocycles. The summed E-state index contributed by atoms with van der Waals surface area (Å²) < 4.78 is 37.9. The van der Waals surface area contributed by atoms with Gasteiger partial charge in [-0.1, -0.05) is 96.5 Å². The SMILES string of the molecule is CCO.COc1cc(N)ccc1OCCN1CCCC1.COc1cc(NC(=O)c2ccc(-c3ccccc3)cc2)ccc1OCCN1CCCC1.COc1cc([N+](=O)[O-])ccc1Cl.COc1cc([N+](=O)[O-])ccc1OCCN1CCCC1.O=C(Cl)c1ccc(-c2ccccc2)cc1.OCCN1CCCC1.[H-].[Na+]. The number of hydrogen-bond acceptors (Lipinski definition) is 20. The summed E-state index contributed by atoms with van der Waals surface area (Å²) in [5.74, 6) is 3.86. The van der Waals surface area contributed by atoms with Crippen molar-refractivity contribution in [3.8, 4) is 62.5 Å². The first-order valence-electron chi connectivity index (χ1n) is 35.2. The van der Waals surface area contributed by atoms with Crippen molar-refractivity contribution >= 4 is 57.1 Å². The van der Waals surface area contributed by atoms with E-state index in [2.05, 4.69) is 37.0 Å². The van der Waals surface area contributed by atoms with Crippen LogP contribution in [0.2, 0.25) is 5.02 Å². The van der Waals surface area contributed by atoms with Gasteiger partial charge in [0.15, 0.2) is 34.5 Å². The number of hydrogen-bond donors (Lipinski definition) is 4. The average molecular weight is 1510 g/mol. The Morgan fingerprint density at radius 2 is 0.802 bits per heavy atom. The van der Waals surface area contributed by atoms with E-state index < -0.39 is 15.1 Å². The van der Waals surface area contributed by atoms with Crippen molar-refractivity contribution in [3.63, 3.8) is 0 Å². The number of halogens is 2. The van der Waals surface area contributed by atoms with E-state index in [0.717, 1.165) is 80.4 Å². The molecule has 0 aromatic heterocycles. The fraction of sp³-hybridized carbons (Fsp3) is 0.375. The minimum Gasteiger partial charge on any atom is -1.00 e. The molecular formula is C80H101Cl2N8NaO15. The molecule has 5 N–H and O–H groups in total. The summed E-state index contributed by atoms with van der Waals surface area (Å²) in [4.78, 5) is 53.0. The van der Waals surface area contributed by atoms with Crippen LogP contribution in [0.25, 0.3) is 22.3 Å². The molecule has 0 bridgehead atoms. The molecule has 0 atom stereocenters. The molecule has 0 radical (unpaired) electrons. The van der Waals surface area contributed by atoms with Crippen molar-refractivity contribution < 1.29 is 93.8 Å². The second-order valence-electron chi connectivity index (χ2n) is 24.3. The number of rotatable bonds is 25. The zero-order valence-electron chi connectivity index (χ0n) is 62.7. The number of nitrogens with one attached hydrogen (secondary N) is 1. The minimum atomic E-state index is -0.501. The average Bonchev–Trinajstić information content (AvgIpc) is 1.48. The molecule has 566 valence electrons. The van der Waals surface area contributed by atoms with Gasteiger partial charge in [-0.05, 0) is 205 Å². The van der Waals surface area contributed by atoms with Gasteiger partial charge in [0.2, 0.25) is 0 Å². The molecule has 26 heteroatoms. The largest absolute Gasteiger partial charge is 1.00 e. The molecule has 4 saturated heterocycles. The quantitative estimate of drug-likeness (QED) is 0.0136. The van der Waals surface area contributed by atoms with Crippen LogP contribution in [-0.4, -0.2) is 191 Å². The summed E-state index contributed by atoms with van der Waals surface area (Å²) in [5.41, 5.74) is 12.6. The van der Waals surface area contributed by atoms with Crippen LogP contribution in [0.4, 0.5) is 22.7 Å². The van der Waals surface area contributed by atoms with Gasteiger partial charge in [-0.2, -0.15) is 0 Å². The summed E-state index contributed by atoms with van der Waals surface area (Å²) in [6, 6.07) is 54.3. The number of carbonyl (C=O) groups is 2. The van der Waals surface area contributed by atoms with Crippen LogP contribution in [0.5, 0.6) is 40.2 Å². The van der Waals surface area contributed by atoms with Crippen LogP contribution < -0.4 is 73.8 Å². The van der Waals surface area contributed by atoms with Crippen molar-refractivity contribution in [2.75, 3.05) is 151 Å². The van der Waals surface area contributed by atoms with Gasteiger partial charge >= 0.3 is 29.6 Å². The number of aliphatic hydroxyl groups is 2. The first-order chi connectivity index (χ1) is 51.0. The Balaban J connectivity index is 0.000000280. The number of non-ortho nitro benzene ring substituents is 2. The molecule has 0 aliphatic carbocycles. The molecule has 0 unspecified atom stereocenters. The van der Waals surface area contributed by atoms with Gasteiger partial charge in [0.1, 0.15) is 25.6 Å². The Hall–Kier alpha value is -8.56. The predicted molar refractivity (Wildman–Crippen MR) is 417 cm³/mol. The number of ether oxygens (including phenoxy) is 7. The molecule has 12 rings (SSSR count). The molecule has 4 heterocycles. The molecule has 106 heavy (non-hydrogen) atoms. The number of nitrogens with zero attached hydrogens (tertiary/aromatic N) is 6. The maximum atomic E-state index is 12.7. The van der Waals surface area contributed by atoms with Gasteiger partial charge in [0, 0.05) is 79.6 Å². The molecule has 23 nitrogen and oxygen atoms in total. The van der Waals surface area contributed by atoms with Crippen LogP contribution in [0, 0.1) is 20.2 Å². The summed E-state index contributed by atoms with van der Waals surface area (Å²) >= 11 is 11.0. The van der Waals surface area contributed by atoms with Crippen molar-refractivity contribution in [2.45, 2.75) is 58.3 Å². The smallest absolute Gasteiger partial charge is 1.00 e. The molecule has 0 spiro atoms. The zero-order chi connectivity index (χ0) is 75.6. The van der Waals surface area contributed by atoms with Crippen molar-refractivity contribution in [3.05, 3.63) is 218 Å². The van der Waals surface area contributed by atoms with Crippen LogP contribution in [0.3, 0.4) is 0 Å². The number of nitro benzene ring substituents is 2. The third-order valence-electron chi connectivity index (χ3n) is 17.0. The molecular weight excluding hydrogens is 1410 g/mol. The monoisotopic (exact) mass is 1510 g/mol. The number of β-amino-alcohol motifs (C(OH)–C–C–N with tert-alkyl or cyclic N) is 1. The molecule has 1 amide bonds. The van der Waals surface area contributed by atoms with Crippen molar-refractivity contribution in [2.24, 2.45) is 0 Å². The normalized spacial score (nSPS) is 13.7. The third-order valence-corrected chi connectivity index (χ3v) is 17.5. The fourth-order valence-corrected chi connectivity index (χ4v) is 11.7. The third kappa shape index (κ3) is 31.5. The number of nitrogens with two attached hydrogens (primary N) is 1. The second-order valence-corrected chi connectivity index (χ2v) is 25.1. The fourth-order valence-electron chi connectivity index (χ4n) is 11.4. The number of methoxy groups -OCH3 is 4. The zero-order valence-corrected chi connectivity index (χ0v) is 65.2. The van der Waals surface area contributed by atoms with E-state index in [0.29, 0.717) is 88.4 Å². The molecule has 4 fully saturated rings.